The molecule has 1 fully saturated rings. The molecule has 1 aliphatic heterocycles. The molecule has 0 bridgehead atoms. The summed E-state index contributed by atoms with van der Waals surface area (Å²) in [6, 6.07) is 57.8. The van der Waals surface area contributed by atoms with Crippen LogP contribution < -0.4 is 10.6 Å². The third kappa shape index (κ3) is 10.4. The van der Waals surface area contributed by atoms with Crippen molar-refractivity contribution in [3.05, 3.63) is 251 Å². The standard InChI is InChI=1S/C59H52F3N5O4/c1-71-57(70)53(38-50-39-67(40-63-50)58(45-18-8-3-9-19-45,46-20-10-4-11-21-46)47-22-12-5-13-23-47)65-56(69)54(44-16-6-2-7-17-44)66-36-34-42(35-37-66)41-28-32-49(33-29-41)64-55(68)52-25-15-14-24-51(52)43-26-30-48(31-27-43)59(60,61)62/h2-33,39-40,42,53-54H,34-38H2,1H3,(H,64,68)(H,65,69). The molecular weight excluding hydrogens is 900 g/mol. The predicted molar refractivity (Wildman–Crippen MR) is 268 cm³/mol. The van der Waals surface area contributed by atoms with Crippen LogP contribution in [0.25, 0.3) is 11.1 Å². The van der Waals surface area contributed by atoms with Crippen molar-refractivity contribution in [3.8, 4) is 11.1 Å². The number of imidazole rings is 1. The highest BCUT2D eigenvalue weighted by Crippen LogP contribution is 2.41. The van der Waals surface area contributed by atoms with Crippen LogP contribution in [-0.4, -0.2) is 58.5 Å². The number of likely N-dealkylation sites (tertiary alicyclic amines) is 1. The number of carbonyl (C=O) groups is 3. The van der Waals surface area contributed by atoms with Gasteiger partial charge >= 0.3 is 12.1 Å². The van der Waals surface area contributed by atoms with Crippen molar-refractivity contribution in [1.29, 1.82) is 0 Å². The third-order valence-electron chi connectivity index (χ3n) is 13.4. The molecule has 1 aliphatic rings. The second kappa shape index (κ2) is 21.3. The fraction of sp³-hybridized carbons (Fsp3) is 0.186. The van der Waals surface area contributed by atoms with Crippen LogP contribution >= 0.6 is 0 Å². The fourth-order valence-corrected chi connectivity index (χ4v) is 9.90. The van der Waals surface area contributed by atoms with Gasteiger partial charge in [-0.1, -0.05) is 164 Å². The molecular formula is C59H52F3N5O4. The van der Waals surface area contributed by atoms with Gasteiger partial charge in [0.25, 0.3) is 5.91 Å². The van der Waals surface area contributed by atoms with Crippen LogP contribution in [0.5, 0.6) is 0 Å². The van der Waals surface area contributed by atoms with Gasteiger partial charge in [-0.25, -0.2) is 9.78 Å². The Morgan fingerprint density at radius 2 is 1.20 bits per heavy atom. The summed E-state index contributed by atoms with van der Waals surface area (Å²) in [7, 11) is 1.32. The Hall–Kier alpha value is -8.09. The summed E-state index contributed by atoms with van der Waals surface area (Å²) >= 11 is 0. The van der Waals surface area contributed by atoms with Crippen LogP contribution in [0.1, 0.15) is 74.2 Å². The Labute approximate surface area is 411 Å². The zero-order valence-electron chi connectivity index (χ0n) is 39.0. The molecule has 2 atom stereocenters. The number of halogens is 3. The molecule has 12 heteroatoms. The van der Waals surface area contributed by atoms with Gasteiger partial charge < -0.3 is 19.9 Å². The summed E-state index contributed by atoms with van der Waals surface area (Å²) in [5, 5.41) is 6.02. The summed E-state index contributed by atoms with van der Waals surface area (Å²) in [5.41, 5.74) is 5.92. The molecule has 7 aromatic carbocycles. The van der Waals surface area contributed by atoms with Gasteiger partial charge in [-0.3, -0.25) is 14.5 Å². The molecule has 9 rings (SSSR count). The molecule has 2 N–H and O–H groups in total. The number of methoxy groups -OCH3 is 1. The number of amides is 2. The lowest BCUT2D eigenvalue weighted by Crippen LogP contribution is -2.50. The van der Waals surface area contributed by atoms with Crippen LogP contribution in [-0.2, 0) is 32.5 Å². The quantitative estimate of drug-likeness (QED) is 0.0783. The molecule has 2 amide bonds. The zero-order chi connectivity index (χ0) is 49.4. The van der Waals surface area contributed by atoms with E-state index in [1.54, 1.807) is 30.6 Å². The van der Waals surface area contributed by atoms with Crippen molar-refractivity contribution in [1.82, 2.24) is 19.8 Å². The minimum absolute atomic E-state index is 0.0888. The smallest absolute Gasteiger partial charge is 0.416 e. The van der Waals surface area contributed by atoms with Crippen molar-refractivity contribution >= 4 is 23.5 Å². The zero-order valence-corrected chi connectivity index (χ0v) is 39.0. The maximum Gasteiger partial charge on any atom is 0.416 e. The Bertz CT molecular complexity index is 2950. The van der Waals surface area contributed by atoms with Crippen molar-refractivity contribution < 1.29 is 32.3 Å². The van der Waals surface area contributed by atoms with E-state index in [1.807, 2.05) is 115 Å². The van der Waals surface area contributed by atoms with Gasteiger partial charge in [0.2, 0.25) is 5.91 Å². The Balaban J connectivity index is 0.894. The lowest BCUT2D eigenvalue weighted by Gasteiger charge is -2.37. The molecule has 0 spiro atoms. The monoisotopic (exact) mass is 951 g/mol. The maximum absolute atomic E-state index is 14.7. The number of rotatable bonds is 15. The number of hydrogen-bond donors (Lipinski definition) is 2. The van der Waals surface area contributed by atoms with E-state index in [-0.39, 0.29) is 24.2 Å². The fourth-order valence-electron chi connectivity index (χ4n) is 9.90. The van der Waals surface area contributed by atoms with E-state index < -0.39 is 35.3 Å². The number of nitrogens with one attached hydrogen (secondary N) is 2. The molecule has 2 unspecified atom stereocenters. The van der Waals surface area contributed by atoms with Crippen LogP contribution in [0, 0.1) is 0 Å². The molecule has 1 aromatic heterocycles. The second-order valence-electron chi connectivity index (χ2n) is 17.7. The predicted octanol–water partition coefficient (Wildman–Crippen LogP) is 11.5. The number of hydrogen-bond acceptors (Lipinski definition) is 6. The number of piperidine rings is 1. The summed E-state index contributed by atoms with van der Waals surface area (Å²) in [6.45, 7) is 1.20. The van der Waals surface area contributed by atoms with Gasteiger partial charge in [0, 0.05) is 23.9 Å². The number of anilines is 1. The summed E-state index contributed by atoms with van der Waals surface area (Å²) in [6.07, 6.45) is 0.873. The number of ether oxygens (including phenoxy) is 1. The molecule has 9 nitrogen and oxygen atoms in total. The van der Waals surface area contributed by atoms with E-state index in [1.165, 1.54) is 19.2 Å². The topological polar surface area (TPSA) is 106 Å². The first kappa shape index (κ1) is 48.0. The van der Waals surface area contributed by atoms with E-state index in [2.05, 4.69) is 56.5 Å². The van der Waals surface area contributed by atoms with Gasteiger partial charge in [-0.05, 0) is 101 Å². The van der Waals surface area contributed by atoms with Crippen molar-refractivity contribution in [2.24, 2.45) is 0 Å². The number of aromatic nitrogens is 2. The van der Waals surface area contributed by atoms with E-state index in [9.17, 15) is 27.6 Å². The van der Waals surface area contributed by atoms with Crippen LogP contribution in [0.3, 0.4) is 0 Å². The molecule has 0 aliphatic carbocycles. The first-order valence-corrected chi connectivity index (χ1v) is 23.6. The van der Waals surface area contributed by atoms with E-state index in [4.69, 9.17) is 9.72 Å². The van der Waals surface area contributed by atoms with Crippen LogP contribution in [0.15, 0.2) is 207 Å². The van der Waals surface area contributed by atoms with Crippen molar-refractivity contribution in [2.45, 2.75) is 49.0 Å². The highest BCUT2D eigenvalue weighted by atomic mass is 19.4. The largest absolute Gasteiger partial charge is 0.467 e. The normalized spacial score (nSPS) is 14.3. The van der Waals surface area contributed by atoms with E-state index in [0.717, 1.165) is 52.8 Å². The van der Waals surface area contributed by atoms with Gasteiger partial charge in [0.1, 0.15) is 17.6 Å². The first-order valence-electron chi connectivity index (χ1n) is 23.6. The lowest BCUT2D eigenvalue weighted by molar-refractivity contribution is -0.146. The average Bonchev–Trinajstić information content (AvgIpc) is 3.88. The molecule has 8 aromatic rings. The maximum atomic E-state index is 14.7. The van der Waals surface area contributed by atoms with Crippen molar-refractivity contribution in [2.75, 3.05) is 25.5 Å². The van der Waals surface area contributed by atoms with Gasteiger partial charge in [-0.2, -0.15) is 13.2 Å². The SMILES string of the molecule is COC(=O)C(Cc1cn(C(c2ccccc2)(c2ccccc2)c2ccccc2)cn1)NC(=O)C(c1ccccc1)N1CCC(c2ccc(NC(=O)c3ccccc3-c3ccc(C(F)(F)F)cc3)cc2)CC1. The number of carbonyl (C=O) groups excluding carboxylic acids is 3. The van der Waals surface area contributed by atoms with Crippen LogP contribution in [0.4, 0.5) is 18.9 Å². The molecule has 0 saturated carbocycles. The molecule has 0 radical (unpaired) electrons. The molecule has 2 heterocycles. The number of esters is 1. The average molecular weight is 952 g/mol. The Kier molecular flexibility index (Phi) is 14.4. The second-order valence-corrected chi connectivity index (χ2v) is 17.7. The Morgan fingerprint density at radius 3 is 1.75 bits per heavy atom. The lowest BCUT2D eigenvalue weighted by atomic mass is 9.77. The van der Waals surface area contributed by atoms with E-state index >= 15 is 0 Å². The van der Waals surface area contributed by atoms with Gasteiger partial charge in [-0.15, -0.1) is 0 Å². The Morgan fingerprint density at radius 1 is 0.662 bits per heavy atom. The van der Waals surface area contributed by atoms with E-state index in [0.29, 0.717) is 41.2 Å². The summed E-state index contributed by atoms with van der Waals surface area (Å²) in [5.74, 6) is -1.10. The molecule has 358 valence electrons. The van der Waals surface area contributed by atoms with Crippen LogP contribution in [0.2, 0.25) is 0 Å². The summed E-state index contributed by atoms with van der Waals surface area (Å²) in [4.78, 5) is 48.8. The van der Waals surface area contributed by atoms with Gasteiger partial charge in [0.15, 0.2) is 0 Å². The summed E-state index contributed by atoms with van der Waals surface area (Å²) < 4.78 is 47.0. The first-order chi connectivity index (χ1) is 34.5. The number of alkyl halides is 3. The highest BCUT2D eigenvalue weighted by molar-refractivity contribution is 6.08. The van der Waals surface area contributed by atoms with Gasteiger partial charge in [0.05, 0.1) is 24.7 Å². The molecule has 1 saturated heterocycles. The minimum Gasteiger partial charge on any atom is -0.467 e. The number of benzene rings is 7. The third-order valence-corrected chi connectivity index (χ3v) is 13.4. The highest BCUT2D eigenvalue weighted by Gasteiger charge is 2.39. The minimum atomic E-state index is -4.46. The number of nitrogens with zero attached hydrogens (tertiary/aromatic N) is 3. The molecule has 71 heavy (non-hydrogen) atoms. The van der Waals surface area contributed by atoms with Crippen molar-refractivity contribution in [3.63, 3.8) is 0 Å².